The molecule has 0 aliphatic heterocycles. The molecule has 0 aliphatic carbocycles. The average Bonchev–Trinajstić information content (AvgIpc) is 2.59. The molecule has 0 saturated heterocycles. The fraction of sp³-hybridized carbons (Fsp3) is 0.125. The molecule has 2 aromatic carbocycles. The first-order valence-corrected chi connectivity index (χ1v) is 7.40. The van der Waals surface area contributed by atoms with Crippen LogP contribution in [-0.2, 0) is 11.3 Å². The van der Waals surface area contributed by atoms with E-state index in [1.807, 2.05) is 0 Å². The van der Waals surface area contributed by atoms with Crippen molar-refractivity contribution in [3.8, 4) is 0 Å². The first-order chi connectivity index (χ1) is 11.8. The molecule has 8 nitrogen and oxygen atoms in total. The van der Waals surface area contributed by atoms with Gasteiger partial charge in [-0.05, 0) is 30.3 Å². The molecule has 2 N–H and O–H groups in total. The predicted octanol–water partition coefficient (Wildman–Crippen LogP) is 3.12. The molecule has 130 valence electrons. The van der Waals surface area contributed by atoms with Gasteiger partial charge in [-0.3, -0.25) is 19.8 Å². The van der Waals surface area contributed by atoms with E-state index < -0.39 is 16.9 Å². The van der Waals surface area contributed by atoms with Crippen LogP contribution in [0.2, 0.25) is 5.02 Å². The van der Waals surface area contributed by atoms with Crippen molar-refractivity contribution in [1.82, 2.24) is 0 Å². The highest BCUT2D eigenvalue weighted by Crippen LogP contribution is 2.24. The number of carbonyl (C=O) groups is 2. The third-order valence-corrected chi connectivity index (χ3v) is 3.62. The number of anilines is 1. The van der Waals surface area contributed by atoms with Crippen LogP contribution in [0.5, 0.6) is 0 Å². The molecule has 2 amide bonds. The maximum atomic E-state index is 12.1. The summed E-state index contributed by atoms with van der Waals surface area (Å²) in [6.45, 7) is -0.299. The molecule has 0 aromatic heterocycles. The van der Waals surface area contributed by atoms with Crippen LogP contribution in [-0.4, -0.2) is 24.0 Å². The molecule has 2 aromatic rings. The lowest BCUT2D eigenvalue weighted by atomic mass is 10.2. The number of rotatable bonds is 5. The standard InChI is InChI=1S/C16H14ClN3O5/c1-19(13-4-2-3-10(7-13)15(18)21)16(22)25-9-11-5-6-12(17)8-14(11)20(23)24/h2-8H,9H2,1H3,(H2,18,21). The van der Waals surface area contributed by atoms with Gasteiger partial charge in [0.05, 0.1) is 10.5 Å². The van der Waals surface area contributed by atoms with Gasteiger partial charge in [0.2, 0.25) is 5.91 Å². The number of nitro groups is 1. The minimum absolute atomic E-state index is 0.210. The third-order valence-electron chi connectivity index (χ3n) is 3.39. The number of halogens is 1. The summed E-state index contributed by atoms with van der Waals surface area (Å²) < 4.78 is 5.10. The van der Waals surface area contributed by atoms with E-state index in [2.05, 4.69) is 0 Å². The highest BCUT2D eigenvalue weighted by Gasteiger charge is 2.18. The normalized spacial score (nSPS) is 10.2. The highest BCUT2D eigenvalue weighted by molar-refractivity contribution is 6.30. The van der Waals surface area contributed by atoms with E-state index in [9.17, 15) is 19.7 Å². The number of nitrogens with zero attached hydrogens (tertiary/aromatic N) is 2. The monoisotopic (exact) mass is 363 g/mol. The molecule has 0 heterocycles. The molecule has 0 atom stereocenters. The maximum Gasteiger partial charge on any atom is 0.414 e. The van der Waals surface area contributed by atoms with Crippen molar-refractivity contribution in [3.63, 3.8) is 0 Å². The van der Waals surface area contributed by atoms with Crippen molar-refractivity contribution in [1.29, 1.82) is 0 Å². The molecule has 25 heavy (non-hydrogen) atoms. The Labute approximate surface area is 147 Å². The second-order valence-corrected chi connectivity index (χ2v) is 5.49. The summed E-state index contributed by atoms with van der Waals surface area (Å²) >= 11 is 5.74. The van der Waals surface area contributed by atoms with Crippen LogP contribution in [0.1, 0.15) is 15.9 Å². The summed E-state index contributed by atoms with van der Waals surface area (Å²) in [4.78, 5) is 34.9. The Balaban J connectivity index is 2.11. The first kappa shape index (κ1) is 18.2. The van der Waals surface area contributed by atoms with E-state index in [0.717, 1.165) is 4.90 Å². The van der Waals surface area contributed by atoms with E-state index in [1.165, 1.54) is 37.4 Å². The number of benzene rings is 2. The molecule has 0 radical (unpaired) electrons. The van der Waals surface area contributed by atoms with E-state index in [4.69, 9.17) is 22.1 Å². The van der Waals surface area contributed by atoms with Crippen molar-refractivity contribution >= 4 is 35.0 Å². The van der Waals surface area contributed by atoms with Gasteiger partial charge in [0.25, 0.3) is 5.69 Å². The second kappa shape index (κ2) is 7.63. The largest absolute Gasteiger partial charge is 0.444 e. The molecule has 0 bridgehead atoms. The zero-order valence-electron chi connectivity index (χ0n) is 13.1. The SMILES string of the molecule is CN(C(=O)OCc1ccc(Cl)cc1[N+](=O)[O-])c1cccc(C(N)=O)c1. The maximum absolute atomic E-state index is 12.1. The number of hydrogen-bond donors (Lipinski definition) is 1. The molecule has 0 spiro atoms. The van der Waals surface area contributed by atoms with Crippen molar-refractivity contribution < 1.29 is 19.2 Å². The topological polar surface area (TPSA) is 116 Å². The van der Waals surface area contributed by atoms with E-state index >= 15 is 0 Å². The fourth-order valence-electron chi connectivity index (χ4n) is 2.04. The van der Waals surface area contributed by atoms with Gasteiger partial charge in [-0.1, -0.05) is 17.7 Å². The predicted molar refractivity (Wildman–Crippen MR) is 91.7 cm³/mol. The summed E-state index contributed by atoms with van der Waals surface area (Å²) in [5.74, 6) is -0.625. The lowest BCUT2D eigenvalue weighted by Gasteiger charge is -2.17. The van der Waals surface area contributed by atoms with Gasteiger partial charge in [0, 0.05) is 29.4 Å². The first-order valence-electron chi connectivity index (χ1n) is 7.02. The van der Waals surface area contributed by atoms with Crippen LogP contribution < -0.4 is 10.6 Å². The Hall–Kier alpha value is -3.13. The Morgan fingerprint density at radius 3 is 2.64 bits per heavy atom. The third kappa shape index (κ3) is 4.45. The van der Waals surface area contributed by atoms with Gasteiger partial charge in [-0.2, -0.15) is 0 Å². The summed E-state index contributed by atoms with van der Waals surface area (Å²) in [7, 11) is 1.44. The van der Waals surface area contributed by atoms with Crippen LogP contribution in [0.4, 0.5) is 16.2 Å². The lowest BCUT2D eigenvalue weighted by Crippen LogP contribution is -2.27. The van der Waals surface area contributed by atoms with Crippen LogP contribution in [0, 0.1) is 10.1 Å². The second-order valence-electron chi connectivity index (χ2n) is 5.06. The van der Waals surface area contributed by atoms with Gasteiger partial charge in [-0.25, -0.2) is 4.79 Å². The quantitative estimate of drug-likeness (QED) is 0.647. The molecular formula is C16H14ClN3O5. The Kier molecular flexibility index (Phi) is 5.56. The molecular weight excluding hydrogens is 350 g/mol. The molecule has 0 aliphatic rings. The molecule has 2 rings (SSSR count). The number of ether oxygens (including phenoxy) is 1. The van der Waals surface area contributed by atoms with Crippen molar-refractivity contribution in [2.75, 3.05) is 11.9 Å². The number of amides is 2. The van der Waals surface area contributed by atoms with E-state index in [1.54, 1.807) is 12.1 Å². The zero-order chi connectivity index (χ0) is 18.6. The van der Waals surface area contributed by atoms with Crippen molar-refractivity contribution in [2.45, 2.75) is 6.61 Å². The number of nitro benzene ring substituents is 1. The number of nitrogens with two attached hydrogens (primary N) is 1. The highest BCUT2D eigenvalue weighted by atomic mass is 35.5. The summed E-state index contributed by atoms with van der Waals surface area (Å²) in [5, 5.41) is 11.2. The molecule has 0 fully saturated rings. The number of primary amides is 1. The van der Waals surface area contributed by atoms with Gasteiger partial charge in [0.15, 0.2) is 0 Å². The van der Waals surface area contributed by atoms with Crippen LogP contribution in [0.3, 0.4) is 0 Å². The Morgan fingerprint density at radius 2 is 2.00 bits per heavy atom. The summed E-state index contributed by atoms with van der Waals surface area (Å²) in [6, 6.07) is 10.2. The smallest absolute Gasteiger partial charge is 0.414 e. The minimum atomic E-state index is -0.745. The molecule has 0 saturated carbocycles. The molecule has 0 unspecified atom stereocenters. The van der Waals surface area contributed by atoms with Gasteiger partial charge >= 0.3 is 6.09 Å². The van der Waals surface area contributed by atoms with Crippen molar-refractivity contribution in [3.05, 3.63) is 68.7 Å². The minimum Gasteiger partial charge on any atom is -0.444 e. The van der Waals surface area contributed by atoms with Gasteiger partial charge in [-0.15, -0.1) is 0 Å². The lowest BCUT2D eigenvalue weighted by molar-refractivity contribution is -0.385. The fourth-order valence-corrected chi connectivity index (χ4v) is 2.20. The summed E-state index contributed by atoms with van der Waals surface area (Å²) in [5.41, 5.74) is 5.81. The van der Waals surface area contributed by atoms with Gasteiger partial charge in [0.1, 0.15) is 6.61 Å². The average molecular weight is 364 g/mol. The Bertz CT molecular complexity index is 840. The van der Waals surface area contributed by atoms with Crippen LogP contribution in [0.15, 0.2) is 42.5 Å². The van der Waals surface area contributed by atoms with Crippen molar-refractivity contribution in [2.24, 2.45) is 5.73 Å². The number of carbonyl (C=O) groups excluding carboxylic acids is 2. The Morgan fingerprint density at radius 1 is 1.28 bits per heavy atom. The number of hydrogen-bond acceptors (Lipinski definition) is 5. The van der Waals surface area contributed by atoms with E-state index in [0.29, 0.717) is 5.69 Å². The van der Waals surface area contributed by atoms with Crippen LogP contribution >= 0.6 is 11.6 Å². The zero-order valence-corrected chi connectivity index (χ0v) is 13.9. The van der Waals surface area contributed by atoms with E-state index in [-0.39, 0.29) is 28.4 Å². The van der Waals surface area contributed by atoms with Gasteiger partial charge < -0.3 is 10.5 Å². The summed E-state index contributed by atoms with van der Waals surface area (Å²) in [6.07, 6.45) is -0.745. The molecule has 9 heteroatoms. The van der Waals surface area contributed by atoms with Crippen LogP contribution in [0.25, 0.3) is 0 Å².